The van der Waals surface area contributed by atoms with Crippen LogP contribution >= 0.6 is 15.9 Å². The first-order chi connectivity index (χ1) is 9.94. The van der Waals surface area contributed by atoms with E-state index in [1.165, 1.54) is 38.2 Å². The minimum Gasteiger partial charge on any atom is -0.404 e. The Bertz CT molecular complexity index is 459. The molecule has 0 aromatic heterocycles. The first-order valence-corrected chi connectivity index (χ1v) is 8.02. The number of anilines is 1. The lowest BCUT2D eigenvalue weighted by atomic mass is 9.87. The Morgan fingerprint density at radius 1 is 1.19 bits per heavy atom. The summed E-state index contributed by atoms with van der Waals surface area (Å²) in [4.78, 5) is 0. The molecule has 0 aliphatic heterocycles. The molecule has 0 bridgehead atoms. The van der Waals surface area contributed by atoms with Crippen LogP contribution in [0, 0.1) is 5.92 Å². The number of hydrogen-bond donors (Lipinski definition) is 1. The molecule has 1 fully saturated rings. The molecule has 0 heterocycles. The highest BCUT2D eigenvalue weighted by Gasteiger charge is 2.32. The Kier molecular flexibility index (Phi) is 5.79. The van der Waals surface area contributed by atoms with Crippen molar-refractivity contribution in [2.75, 3.05) is 11.9 Å². The molecule has 0 atom stereocenters. The number of alkyl halides is 3. The lowest BCUT2D eigenvalue weighted by molar-refractivity contribution is -0.274. The number of halogens is 4. The molecule has 1 saturated carbocycles. The summed E-state index contributed by atoms with van der Waals surface area (Å²) in [5.41, 5.74) is 0.381. The van der Waals surface area contributed by atoms with Crippen LogP contribution < -0.4 is 10.1 Å². The summed E-state index contributed by atoms with van der Waals surface area (Å²) in [5, 5.41) is 3.06. The molecule has 0 spiro atoms. The van der Waals surface area contributed by atoms with Crippen LogP contribution in [-0.2, 0) is 0 Å². The molecule has 118 valence electrons. The fourth-order valence-corrected chi connectivity index (χ4v) is 3.08. The van der Waals surface area contributed by atoms with E-state index in [1.54, 1.807) is 12.1 Å². The van der Waals surface area contributed by atoms with Crippen LogP contribution in [0.15, 0.2) is 22.7 Å². The van der Waals surface area contributed by atoms with Crippen LogP contribution in [0.2, 0.25) is 0 Å². The van der Waals surface area contributed by atoms with Crippen LogP contribution in [0.4, 0.5) is 18.9 Å². The smallest absolute Gasteiger partial charge is 0.404 e. The average Bonchev–Trinajstić information content (AvgIpc) is 2.41. The third-order valence-electron chi connectivity index (χ3n) is 3.76. The van der Waals surface area contributed by atoms with E-state index in [1.807, 2.05) is 0 Å². The first-order valence-electron chi connectivity index (χ1n) is 7.23. The Hall–Kier alpha value is -0.910. The van der Waals surface area contributed by atoms with Gasteiger partial charge < -0.3 is 10.1 Å². The van der Waals surface area contributed by atoms with Crippen molar-refractivity contribution < 1.29 is 17.9 Å². The predicted octanol–water partition coefficient (Wildman–Crippen LogP) is 5.73. The molecule has 1 aliphatic carbocycles. The molecule has 1 aromatic rings. The Labute approximate surface area is 131 Å². The summed E-state index contributed by atoms with van der Waals surface area (Å²) in [6.07, 6.45) is 2.61. The van der Waals surface area contributed by atoms with Gasteiger partial charge in [0, 0.05) is 11.0 Å². The van der Waals surface area contributed by atoms with Crippen molar-refractivity contribution in [3.63, 3.8) is 0 Å². The Balaban J connectivity index is 1.92. The second-order valence-electron chi connectivity index (χ2n) is 5.41. The maximum absolute atomic E-state index is 12.4. The van der Waals surface area contributed by atoms with Crippen molar-refractivity contribution in [3.8, 4) is 5.75 Å². The fourth-order valence-electron chi connectivity index (χ4n) is 2.74. The van der Waals surface area contributed by atoms with Gasteiger partial charge in [-0.1, -0.05) is 48.0 Å². The van der Waals surface area contributed by atoms with Gasteiger partial charge in [0.2, 0.25) is 0 Å². The molecule has 6 heteroatoms. The molecular formula is C15H19BrF3NO. The predicted molar refractivity (Wildman–Crippen MR) is 80.5 cm³/mol. The standard InChI is InChI=1S/C15H19BrF3NO/c16-12-6-7-13(14(10-12)21-15(17,18)19)20-9-8-11-4-2-1-3-5-11/h6-7,10-11,20H,1-5,8-9H2. The van der Waals surface area contributed by atoms with Crippen molar-refractivity contribution >= 4 is 21.6 Å². The molecule has 0 unspecified atom stereocenters. The topological polar surface area (TPSA) is 21.3 Å². The normalized spacial score (nSPS) is 16.8. The van der Waals surface area contributed by atoms with Crippen LogP contribution in [0.5, 0.6) is 5.75 Å². The number of hydrogen-bond acceptors (Lipinski definition) is 2. The molecule has 0 amide bonds. The van der Waals surface area contributed by atoms with Crippen molar-refractivity contribution in [3.05, 3.63) is 22.7 Å². The average molecular weight is 366 g/mol. The molecule has 0 saturated heterocycles. The summed E-state index contributed by atoms with van der Waals surface area (Å²) in [7, 11) is 0. The zero-order chi connectivity index (χ0) is 15.3. The van der Waals surface area contributed by atoms with Gasteiger partial charge in [0.1, 0.15) is 0 Å². The summed E-state index contributed by atoms with van der Waals surface area (Å²) in [6, 6.07) is 4.63. The van der Waals surface area contributed by atoms with Crippen molar-refractivity contribution in [2.24, 2.45) is 5.92 Å². The summed E-state index contributed by atoms with van der Waals surface area (Å²) in [6.45, 7) is 0.667. The zero-order valence-corrected chi connectivity index (χ0v) is 13.3. The molecule has 2 rings (SSSR count). The van der Waals surface area contributed by atoms with Gasteiger partial charge in [-0.3, -0.25) is 0 Å². The number of benzene rings is 1. The molecular weight excluding hydrogens is 347 g/mol. The molecule has 1 aromatic carbocycles. The SMILES string of the molecule is FC(F)(F)Oc1cc(Br)ccc1NCCC1CCCCC1. The zero-order valence-electron chi connectivity index (χ0n) is 11.7. The van der Waals surface area contributed by atoms with Gasteiger partial charge in [0.25, 0.3) is 0 Å². The van der Waals surface area contributed by atoms with Crippen molar-refractivity contribution in [2.45, 2.75) is 44.9 Å². The second kappa shape index (κ2) is 7.38. The highest BCUT2D eigenvalue weighted by Crippen LogP contribution is 2.33. The summed E-state index contributed by atoms with van der Waals surface area (Å²) >= 11 is 3.16. The van der Waals surface area contributed by atoms with Gasteiger partial charge >= 0.3 is 6.36 Å². The van der Waals surface area contributed by atoms with E-state index in [9.17, 15) is 13.2 Å². The van der Waals surface area contributed by atoms with E-state index >= 15 is 0 Å². The number of nitrogens with one attached hydrogen (secondary N) is 1. The van der Waals surface area contributed by atoms with Crippen LogP contribution in [0.25, 0.3) is 0 Å². The lowest BCUT2D eigenvalue weighted by Crippen LogP contribution is -2.19. The third-order valence-corrected chi connectivity index (χ3v) is 4.26. The van der Waals surface area contributed by atoms with Crippen LogP contribution in [0.1, 0.15) is 38.5 Å². The Morgan fingerprint density at radius 2 is 1.90 bits per heavy atom. The quantitative estimate of drug-likeness (QED) is 0.719. The van der Waals surface area contributed by atoms with E-state index < -0.39 is 6.36 Å². The van der Waals surface area contributed by atoms with Crippen LogP contribution in [0.3, 0.4) is 0 Å². The lowest BCUT2D eigenvalue weighted by Gasteiger charge is -2.22. The van der Waals surface area contributed by atoms with Gasteiger partial charge in [-0.2, -0.15) is 0 Å². The molecule has 1 aliphatic rings. The minimum atomic E-state index is -4.68. The number of ether oxygens (including phenoxy) is 1. The van der Waals surface area contributed by atoms with Crippen molar-refractivity contribution in [1.29, 1.82) is 0 Å². The maximum atomic E-state index is 12.4. The molecule has 21 heavy (non-hydrogen) atoms. The minimum absolute atomic E-state index is 0.194. The number of rotatable bonds is 5. The van der Waals surface area contributed by atoms with E-state index in [2.05, 4.69) is 26.0 Å². The Morgan fingerprint density at radius 3 is 2.57 bits per heavy atom. The van der Waals surface area contributed by atoms with E-state index in [0.29, 0.717) is 22.6 Å². The summed E-state index contributed by atoms with van der Waals surface area (Å²) < 4.78 is 41.8. The molecule has 1 N–H and O–H groups in total. The fraction of sp³-hybridized carbons (Fsp3) is 0.600. The van der Waals surface area contributed by atoms with E-state index in [4.69, 9.17) is 0 Å². The van der Waals surface area contributed by atoms with Gasteiger partial charge in [-0.05, 0) is 30.5 Å². The third kappa shape index (κ3) is 5.77. The van der Waals surface area contributed by atoms with E-state index in [0.717, 1.165) is 6.42 Å². The highest BCUT2D eigenvalue weighted by atomic mass is 79.9. The monoisotopic (exact) mass is 365 g/mol. The maximum Gasteiger partial charge on any atom is 0.573 e. The van der Waals surface area contributed by atoms with Gasteiger partial charge in [-0.15, -0.1) is 13.2 Å². The van der Waals surface area contributed by atoms with Gasteiger partial charge in [0.15, 0.2) is 5.75 Å². The van der Waals surface area contributed by atoms with Gasteiger partial charge in [-0.25, -0.2) is 0 Å². The summed E-state index contributed by atoms with van der Waals surface area (Å²) in [5.74, 6) is 0.495. The molecule has 0 radical (unpaired) electrons. The van der Waals surface area contributed by atoms with Crippen LogP contribution in [-0.4, -0.2) is 12.9 Å². The molecule has 2 nitrogen and oxygen atoms in total. The largest absolute Gasteiger partial charge is 0.573 e. The first kappa shape index (κ1) is 16.5. The van der Waals surface area contributed by atoms with Crippen molar-refractivity contribution in [1.82, 2.24) is 0 Å². The second-order valence-corrected chi connectivity index (χ2v) is 6.32. The van der Waals surface area contributed by atoms with Gasteiger partial charge in [0.05, 0.1) is 5.69 Å². The highest BCUT2D eigenvalue weighted by molar-refractivity contribution is 9.10. The van der Waals surface area contributed by atoms with E-state index in [-0.39, 0.29) is 5.75 Å².